The van der Waals surface area contributed by atoms with E-state index >= 15 is 0 Å². The Balaban J connectivity index is 0. The van der Waals surface area contributed by atoms with E-state index in [2.05, 4.69) is 14.2 Å². The fourth-order valence-electron chi connectivity index (χ4n) is 4.17. The zero-order chi connectivity index (χ0) is 52.3. The molecular weight excluding hydrogens is 986 g/mol. The lowest BCUT2D eigenvalue weighted by Gasteiger charge is -2.42. The largest absolute Gasteiger partial charge is 0.480 e. The van der Waals surface area contributed by atoms with Crippen molar-refractivity contribution in [1.29, 1.82) is 0 Å². The summed E-state index contributed by atoms with van der Waals surface area (Å²) >= 11 is 0. The van der Waals surface area contributed by atoms with Crippen molar-refractivity contribution < 1.29 is 153 Å². The molecule has 0 aromatic rings. The first kappa shape index (κ1) is 61.7. The van der Waals surface area contributed by atoms with Gasteiger partial charge < -0.3 is 30.0 Å². The molecule has 4 unspecified atom stereocenters. The third kappa shape index (κ3) is 10.8. The van der Waals surface area contributed by atoms with Crippen LogP contribution >= 0.6 is 0 Å². The van der Waals surface area contributed by atoms with E-state index in [-0.39, 0.29) is 13.8 Å². The van der Waals surface area contributed by atoms with Crippen LogP contribution < -0.4 is 10.6 Å². The molecule has 2 amide bonds. The van der Waals surface area contributed by atoms with Crippen molar-refractivity contribution in [3.05, 3.63) is 0 Å². The molecule has 36 heteroatoms. The van der Waals surface area contributed by atoms with Crippen LogP contribution in [-0.4, -0.2) is 133 Å². The molecule has 0 saturated heterocycles. The molecule has 0 rings (SSSR count). The van der Waals surface area contributed by atoms with Gasteiger partial charge in [0, 0.05) is 0 Å². The van der Waals surface area contributed by atoms with Crippen LogP contribution in [-0.2, 0) is 23.8 Å². The van der Waals surface area contributed by atoms with Crippen molar-refractivity contribution in [2.45, 2.75) is 118 Å². The topological polar surface area (TPSA) is 140 Å². The Labute approximate surface area is 338 Å². The van der Waals surface area contributed by atoms with Crippen molar-refractivity contribution in [2.24, 2.45) is 11.8 Å². The van der Waals surface area contributed by atoms with Gasteiger partial charge in [0.05, 0.1) is 31.7 Å². The van der Waals surface area contributed by atoms with Gasteiger partial charge in [-0.1, -0.05) is 13.8 Å². The molecule has 0 aromatic heterocycles. The van der Waals surface area contributed by atoms with E-state index < -0.39 is 139 Å². The van der Waals surface area contributed by atoms with E-state index in [0.717, 1.165) is 26.1 Å². The quantitative estimate of drug-likeness (QED) is 0.0661. The summed E-state index contributed by atoms with van der Waals surface area (Å²) in [5.41, 5.74) is 0. The molecule has 4 atom stereocenters. The Hall–Kier alpha value is -4.34. The summed E-state index contributed by atoms with van der Waals surface area (Å²) in [5, 5.41) is 11.0. The second-order valence-electron chi connectivity index (χ2n) is 12.2. The Morgan fingerprint density at radius 3 is 0.875 bits per heavy atom. The van der Waals surface area contributed by atoms with Gasteiger partial charge in [0.15, 0.2) is 0 Å². The van der Waals surface area contributed by atoms with Gasteiger partial charge >= 0.3 is 95.7 Å². The maximum atomic E-state index is 14.3. The molecule has 64 heavy (non-hydrogen) atoms. The minimum atomic E-state index is -8.11. The van der Waals surface area contributed by atoms with Gasteiger partial charge in [-0.15, -0.1) is 0 Å². The van der Waals surface area contributed by atoms with E-state index in [1.54, 1.807) is 0 Å². The van der Waals surface area contributed by atoms with E-state index in [1.807, 2.05) is 0 Å². The Kier molecular flexibility index (Phi) is 18.9. The number of nitrogens with one attached hydrogen (secondary N) is 2. The van der Waals surface area contributed by atoms with Gasteiger partial charge in [-0.2, -0.15) is 114 Å². The molecule has 0 heterocycles. The van der Waals surface area contributed by atoms with E-state index in [4.69, 9.17) is 5.11 Å². The van der Waals surface area contributed by atoms with Crippen molar-refractivity contribution in [1.82, 2.24) is 10.6 Å². The molecule has 0 aliphatic heterocycles. The standard InChI is InChI=1S/C15H16F13NO4.C13H12F13NO4/c1-4-32-8(30)7(29-9(31)33-5-2)6(3)10(16,17)11(18,19)12(20,21)13(22,23)14(24,25)15(26,27)28;1-3-31-7(30)27-5(6(28)29)4(2)8(14,15)9(16,17)10(18,19)11(20,21)12(22,23)13(24,25)26/h6-7H,4-5H2,1-3H3,(H,29,31);4-5H,3H2,1-2H3,(H,27,30)(H,28,29). The second-order valence-corrected chi connectivity index (χ2v) is 12.2. The molecule has 0 aromatic carbocycles. The molecule has 0 fully saturated rings. The zero-order valence-electron chi connectivity index (χ0n) is 31.6. The second kappa shape index (κ2) is 19.6. The van der Waals surface area contributed by atoms with Crippen LogP contribution in [0.3, 0.4) is 0 Å². The number of alkyl halides is 26. The SMILES string of the molecule is CCOC(=O)NC(C(=O)O)C(C)C(F)(F)C(F)(F)C(F)(F)C(F)(F)C(F)(F)C(F)(F)F.CCOC(=O)NC(C(=O)OCC)C(C)C(F)(F)C(F)(F)C(F)(F)C(F)(F)C(F)(F)C(F)(F)F. The Bertz CT molecular complexity index is 1620. The molecule has 0 bridgehead atoms. The number of carboxylic acids is 1. The van der Waals surface area contributed by atoms with E-state index in [9.17, 15) is 133 Å². The number of amides is 2. The number of esters is 1. The molecule has 3 N–H and O–H groups in total. The van der Waals surface area contributed by atoms with E-state index in [0.29, 0.717) is 0 Å². The van der Waals surface area contributed by atoms with Crippen LogP contribution in [0.2, 0.25) is 0 Å². The summed E-state index contributed by atoms with van der Waals surface area (Å²) in [6.45, 7) is 1.06. The van der Waals surface area contributed by atoms with Gasteiger partial charge in [0.1, 0.15) is 12.1 Å². The monoisotopic (exact) mass is 1010 g/mol. The van der Waals surface area contributed by atoms with Crippen molar-refractivity contribution in [2.75, 3.05) is 19.8 Å². The number of alkyl carbamates (subject to hydrolysis) is 2. The third-order valence-corrected chi connectivity index (χ3v) is 7.96. The minimum absolute atomic E-state index is 0.183. The predicted octanol–water partition coefficient (Wildman–Crippen LogP) is 9.60. The van der Waals surface area contributed by atoms with Crippen LogP contribution in [0.5, 0.6) is 0 Å². The highest BCUT2D eigenvalue weighted by molar-refractivity contribution is 5.82. The molecule has 0 radical (unpaired) electrons. The maximum Gasteiger partial charge on any atom is 0.460 e. The molecular formula is C28H28F26N2O8. The number of hydrogen-bond donors (Lipinski definition) is 3. The summed E-state index contributed by atoms with van der Waals surface area (Å²) in [5.74, 6) is -88.7. The number of carbonyl (C=O) groups excluding carboxylic acids is 3. The van der Waals surface area contributed by atoms with Gasteiger partial charge in [-0.05, 0) is 20.8 Å². The molecule has 0 aliphatic carbocycles. The van der Waals surface area contributed by atoms with Gasteiger partial charge in [0.2, 0.25) is 0 Å². The predicted molar refractivity (Wildman–Crippen MR) is 152 cm³/mol. The number of halogens is 26. The first-order chi connectivity index (χ1) is 27.9. The molecule has 0 saturated carbocycles. The van der Waals surface area contributed by atoms with Gasteiger partial charge in [-0.3, -0.25) is 0 Å². The minimum Gasteiger partial charge on any atom is -0.480 e. The number of rotatable bonds is 19. The number of hydrogen-bond acceptors (Lipinski definition) is 7. The van der Waals surface area contributed by atoms with Crippen molar-refractivity contribution in [3.8, 4) is 0 Å². The summed E-state index contributed by atoms with van der Waals surface area (Å²) < 4.78 is 356. The lowest BCUT2D eigenvalue weighted by molar-refractivity contribution is -0.443. The van der Waals surface area contributed by atoms with Crippen LogP contribution in [0.1, 0.15) is 34.6 Å². The number of aliphatic carboxylic acids is 1. The Morgan fingerprint density at radius 2 is 0.641 bits per heavy atom. The highest BCUT2D eigenvalue weighted by Gasteiger charge is 2.92. The summed E-state index contributed by atoms with van der Waals surface area (Å²) in [7, 11) is 0. The fraction of sp³-hybridized carbons (Fsp3) is 0.857. The number of carboxylic acid groups (broad SMARTS) is 1. The normalized spacial score (nSPS) is 16.3. The maximum absolute atomic E-state index is 14.3. The average molecular weight is 1010 g/mol. The third-order valence-electron chi connectivity index (χ3n) is 7.96. The molecule has 10 nitrogen and oxygen atoms in total. The van der Waals surface area contributed by atoms with Crippen LogP contribution in [0.4, 0.5) is 124 Å². The fourth-order valence-corrected chi connectivity index (χ4v) is 4.17. The van der Waals surface area contributed by atoms with Gasteiger partial charge in [0.25, 0.3) is 0 Å². The average Bonchev–Trinajstić information content (AvgIpc) is 3.11. The smallest absolute Gasteiger partial charge is 0.460 e. The summed E-state index contributed by atoms with van der Waals surface area (Å²) in [4.78, 5) is 45.2. The van der Waals surface area contributed by atoms with E-state index in [1.165, 1.54) is 5.32 Å². The summed E-state index contributed by atoms with van der Waals surface area (Å²) in [6.07, 6.45) is -18.8. The molecule has 0 spiro atoms. The first-order valence-corrected chi connectivity index (χ1v) is 16.1. The zero-order valence-corrected chi connectivity index (χ0v) is 31.6. The van der Waals surface area contributed by atoms with Gasteiger partial charge in [-0.25, -0.2) is 19.2 Å². The van der Waals surface area contributed by atoms with Crippen molar-refractivity contribution in [3.63, 3.8) is 0 Å². The lowest BCUT2D eigenvalue weighted by Crippen LogP contribution is -2.72. The van der Waals surface area contributed by atoms with Crippen LogP contribution in [0.15, 0.2) is 0 Å². The molecule has 380 valence electrons. The number of carbonyl (C=O) groups is 4. The highest BCUT2D eigenvalue weighted by Crippen LogP contribution is 2.63. The first-order valence-electron chi connectivity index (χ1n) is 16.1. The highest BCUT2D eigenvalue weighted by atomic mass is 19.4. The molecule has 0 aliphatic rings. The lowest BCUT2D eigenvalue weighted by atomic mass is 9.84. The van der Waals surface area contributed by atoms with Crippen LogP contribution in [0.25, 0.3) is 0 Å². The van der Waals surface area contributed by atoms with Crippen molar-refractivity contribution >= 4 is 24.1 Å². The van der Waals surface area contributed by atoms with Crippen LogP contribution in [0, 0.1) is 11.8 Å². The Morgan fingerprint density at radius 1 is 0.406 bits per heavy atom. The number of ether oxygens (including phenoxy) is 3. The summed E-state index contributed by atoms with van der Waals surface area (Å²) in [6, 6.07) is -6.27.